The number of rotatable bonds is 5. The third-order valence-electron chi connectivity index (χ3n) is 3.83. The number of benzene rings is 1. The highest BCUT2D eigenvalue weighted by molar-refractivity contribution is 6.31. The Kier molecular flexibility index (Phi) is 4.69. The van der Waals surface area contributed by atoms with Gasteiger partial charge in [0.15, 0.2) is 5.65 Å². The maximum absolute atomic E-state index is 13.4. The molecule has 5 nitrogen and oxygen atoms in total. The van der Waals surface area contributed by atoms with Gasteiger partial charge in [-0.1, -0.05) is 11.6 Å². The molecule has 2 heterocycles. The third kappa shape index (κ3) is 3.34. The van der Waals surface area contributed by atoms with Crippen molar-refractivity contribution in [3.8, 4) is 11.3 Å². The minimum absolute atomic E-state index is 0.0881. The SMILES string of the molecule is CN(C)CCN(C)c1cc(-c2ccc(F)c(Cl)c2)nc2ccnn12. The summed E-state index contributed by atoms with van der Waals surface area (Å²) in [5.74, 6) is 0.483. The molecule has 3 rings (SSSR count). The lowest BCUT2D eigenvalue weighted by atomic mass is 10.1. The van der Waals surface area contributed by atoms with Gasteiger partial charge >= 0.3 is 0 Å². The van der Waals surface area contributed by atoms with E-state index in [0.717, 1.165) is 35.8 Å². The second-order valence-corrected chi connectivity index (χ2v) is 6.36. The fourth-order valence-electron chi connectivity index (χ4n) is 2.44. The molecule has 2 aromatic heterocycles. The van der Waals surface area contributed by atoms with E-state index < -0.39 is 5.82 Å². The highest BCUT2D eigenvalue weighted by Gasteiger charge is 2.13. The molecule has 1 aromatic carbocycles. The molecule has 0 aliphatic heterocycles. The van der Waals surface area contributed by atoms with Crippen molar-refractivity contribution < 1.29 is 4.39 Å². The Labute approximate surface area is 145 Å². The summed E-state index contributed by atoms with van der Waals surface area (Å²) in [4.78, 5) is 8.84. The summed E-state index contributed by atoms with van der Waals surface area (Å²) >= 11 is 5.91. The average Bonchev–Trinajstić information content (AvgIpc) is 3.02. The van der Waals surface area contributed by atoms with Crippen molar-refractivity contribution in [3.63, 3.8) is 0 Å². The minimum atomic E-state index is -0.436. The van der Waals surface area contributed by atoms with Crippen molar-refractivity contribution in [2.24, 2.45) is 0 Å². The molecule has 0 unspecified atom stereocenters. The van der Waals surface area contributed by atoms with Gasteiger partial charge in [0.25, 0.3) is 0 Å². The maximum Gasteiger partial charge on any atom is 0.157 e. The first-order valence-corrected chi connectivity index (χ1v) is 7.99. The molecule has 0 amide bonds. The van der Waals surface area contributed by atoms with Crippen molar-refractivity contribution >= 4 is 23.1 Å². The lowest BCUT2D eigenvalue weighted by Crippen LogP contribution is -2.29. The van der Waals surface area contributed by atoms with Gasteiger partial charge in [-0.2, -0.15) is 9.61 Å². The zero-order valence-corrected chi connectivity index (χ0v) is 14.6. The summed E-state index contributed by atoms with van der Waals surface area (Å²) in [6.07, 6.45) is 1.72. The Morgan fingerprint density at radius 1 is 1.12 bits per heavy atom. The van der Waals surface area contributed by atoms with Gasteiger partial charge < -0.3 is 9.80 Å². The van der Waals surface area contributed by atoms with Crippen LogP contribution in [0.25, 0.3) is 16.9 Å². The number of anilines is 1. The van der Waals surface area contributed by atoms with E-state index in [4.69, 9.17) is 11.6 Å². The van der Waals surface area contributed by atoms with Crippen LogP contribution in [0, 0.1) is 5.82 Å². The number of nitrogens with zero attached hydrogens (tertiary/aromatic N) is 5. The summed E-state index contributed by atoms with van der Waals surface area (Å²) in [5, 5.41) is 4.43. The molecule has 7 heteroatoms. The molecule has 0 saturated heterocycles. The molecule has 0 atom stereocenters. The van der Waals surface area contributed by atoms with Gasteiger partial charge in [-0.3, -0.25) is 0 Å². The molecule has 0 fully saturated rings. The second-order valence-electron chi connectivity index (χ2n) is 5.95. The first-order valence-electron chi connectivity index (χ1n) is 7.62. The van der Waals surface area contributed by atoms with E-state index in [9.17, 15) is 4.39 Å². The van der Waals surface area contributed by atoms with Crippen LogP contribution in [0.15, 0.2) is 36.5 Å². The van der Waals surface area contributed by atoms with E-state index in [1.54, 1.807) is 22.8 Å². The summed E-state index contributed by atoms with van der Waals surface area (Å²) in [5.41, 5.74) is 2.24. The molecule has 0 spiro atoms. The van der Waals surface area contributed by atoms with Crippen LogP contribution in [0.2, 0.25) is 5.02 Å². The average molecular weight is 348 g/mol. The van der Waals surface area contributed by atoms with Crippen molar-refractivity contribution in [1.29, 1.82) is 0 Å². The number of halogens is 2. The van der Waals surface area contributed by atoms with E-state index in [1.165, 1.54) is 6.07 Å². The summed E-state index contributed by atoms with van der Waals surface area (Å²) in [6.45, 7) is 1.76. The molecule has 24 heavy (non-hydrogen) atoms. The monoisotopic (exact) mass is 347 g/mol. The fraction of sp³-hybridized carbons (Fsp3) is 0.294. The Bertz CT molecular complexity index is 861. The van der Waals surface area contributed by atoms with Gasteiger partial charge in [0.05, 0.1) is 16.9 Å². The number of likely N-dealkylation sites (N-methyl/N-ethyl adjacent to an activating group) is 2. The van der Waals surface area contributed by atoms with Crippen LogP contribution in [0.4, 0.5) is 10.2 Å². The topological polar surface area (TPSA) is 36.7 Å². The van der Waals surface area contributed by atoms with E-state index >= 15 is 0 Å². The number of hydrogen-bond donors (Lipinski definition) is 0. The van der Waals surface area contributed by atoms with E-state index in [2.05, 4.69) is 19.9 Å². The van der Waals surface area contributed by atoms with Gasteiger partial charge in [-0.25, -0.2) is 9.37 Å². The molecule has 0 aliphatic rings. The van der Waals surface area contributed by atoms with Crippen LogP contribution in [-0.2, 0) is 0 Å². The summed E-state index contributed by atoms with van der Waals surface area (Å²) in [6, 6.07) is 8.42. The Morgan fingerprint density at radius 2 is 1.92 bits per heavy atom. The fourth-order valence-corrected chi connectivity index (χ4v) is 2.62. The normalized spacial score (nSPS) is 11.4. The first kappa shape index (κ1) is 16.7. The van der Waals surface area contributed by atoms with E-state index in [0.29, 0.717) is 0 Å². The minimum Gasteiger partial charge on any atom is -0.358 e. The summed E-state index contributed by atoms with van der Waals surface area (Å²) < 4.78 is 15.2. The smallest absolute Gasteiger partial charge is 0.157 e. The molecular formula is C17H19ClFN5. The van der Waals surface area contributed by atoms with Crippen molar-refractivity contribution in [2.45, 2.75) is 0 Å². The summed E-state index contributed by atoms with van der Waals surface area (Å²) in [7, 11) is 6.09. The second kappa shape index (κ2) is 6.75. The van der Waals surface area contributed by atoms with Crippen molar-refractivity contribution in [1.82, 2.24) is 19.5 Å². The zero-order chi connectivity index (χ0) is 17.3. The Morgan fingerprint density at radius 3 is 2.62 bits per heavy atom. The molecule has 0 radical (unpaired) electrons. The lowest BCUT2D eigenvalue weighted by Gasteiger charge is -2.22. The predicted octanol–water partition coefficient (Wildman–Crippen LogP) is 3.19. The molecule has 0 aliphatic carbocycles. The molecule has 126 valence electrons. The largest absolute Gasteiger partial charge is 0.358 e. The van der Waals surface area contributed by atoms with E-state index in [-0.39, 0.29) is 5.02 Å². The zero-order valence-electron chi connectivity index (χ0n) is 13.9. The number of hydrogen-bond acceptors (Lipinski definition) is 4. The van der Waals surface area contributed by atoms with Crippen molar-refractivity contribution in [2.75, 3.05) is 39.1 Å². The van der Waals surface area contributed by atoms with Gasteiger partial charge in [-0.15, -0.1) is 0 Å². The number of aromatic nitrogens is 3. The molecule has 0 N–H and O–H groups in total. The van der Waals surface area contributed by atoms with Gasteiger partial charge in [-0.05, 0) is 32.3 Å². The highest BCUT2D eigenvalue weighted by atomic mass is 35.5. The van der Waals surface area contributed by atoms with Crippen LogP contribution in [0.5, 0.6) is 0 Å². The van der Waals surface area contributed by atoms with Crippen LogP contribution >= 0.6 is 11.6 Å². The Balaban J connectivity index is 2.05. The predicted molar refractivity (Wildman–Crippen MR) is 95.2 cm³/mol. The quantitative estimate of drug-likeness (QED) is 0.710. The van der Waals surface area contributed by atoms with Crippen LogP contribution in [0.3, 0.4) is 0 Å². The lowest BCUT2D eigenvalue weighted by molar-refractivity contribution is 0.416. The van der Waals surface area contributed by atoms with E-state index in [1.807, 2.05) is 33.3 Å². The van der Waals surface area contributed by atoms with Gasteiger partial charge in [0, 0.05) is 37.8 Å². The Hall–Kier alpha value is -2.18. The first-order chi connectivity index (χ1) is 11.5. The maximum atomic E-state index is 13.4. The third-order valence-corrected chi connectivity index (χ3v) is 4.12. The molecular weight excluding hydrogens is 329 g/mol. The number of fused-ring (bicyclic) bond motifs is 1. The van der Waals surface area contributed by atoms with Crippen LogP contribution in [-0.4, -0.2) is 53.7 Å². The van der Waals surface area contributed by atoms with Gasteiger partial charge in [0.2, 0.25) is 0 Å². The van der Waals surface area contributed by atoms with Crippen LogP contribution in [0.1, 0.15) is 0 Å². The van der Waals surface area contributed by atoms with Gasteiger partial charge in [0.1, 0.15) is 11.6 Å². The molecule has 0 saturated carbocycles. The highest BCUT2D eigenvalue weighted by Crippen LogP contribution is 2.27. The van der Waals surface area contributed by atoms with Crippen molar-refractivity contribution in [3.05, 3.63) is 47.4 Å². The molecule has 3 aromatic rings. The van der Waals surface area contributed by atoms with Crippen LogP contribution < -0.4 is 4.90 Å². The molecule has 0 bridgehead atoms. The standard InChI is InChI=1S/C17H19ClFN5/c1-22(2)8-9-23(3)17-11-15(21-16-6-7-20-24(16)17)12-4-5-14(19)13(18)10-12/h4-7,10-11H,8-9H2,1-3H3.